The third kappa shape index (κ3) is 3.74. The summed E-state index contributed by atoms with van der Waals surface area (Å²) in [6.45, 7) is 7.37. The molecule has 0 radical (unpaired) electrons. The Morgan fingerprint density at radius 2 is 1.81 bits per heavy atom. The maximum atomic E-state index is 12.6. The lowest BCUT2D eigenvalue weighted by Gasteiger charge is -2.32. The molecule has 1 fully saturated rings. The minimum absolute atomic E-state index is 0.00126. The Labute approximate surface area is 154 Å². The number of nitrogens with zero attached hydrogens (tertiary/aromatic N) is 2. The second kappa shape index (κ2) is 7.48. The fourth-order valence-corrected chi connectivity index (χ4v) is 3.78. The van der Waals surface area contributed by atoms with Crippen molar-refractivity contribution in [3.8, 4) is 0 Å². The maximum Gasteiger partial charge on any atom is 0.227 e. The van der Waals surface area contributed by atoms with Crippen molar-refractivity contribution in [1.29, 1.82) is 0 Å². The largest absolute Gasteiger partial charge is 0.342 e. The second-order valence-corrected chi connectivity index (χ2v) is 7.51. The summed E-state index contributed by atoms with van der Waals surface area (Å²) in [7, 11) is 0. The number of benzene rings is 1. The van der Waals surface area contributed by atoms with Crippen LogP contribution in [0.2, 0.25) is 0 Å². The molecule has 0 saturated carbocycles. The van der Waals surface area contributed by atoms with Gasteiger partial charge in [-0.2, -0.15) is 0 Å². The van der Waals surface area contributed by atoms with E-state index in [-0.39, 0.29) is 29.6 Å². The van der Waals surface area contributed by atoms with Crippen LogP contribution < -0.4 is 10.2 Å². The van der Waals surface area contributed by atoms with Crippen molar-refractivity contribution in [2.75, 3.05) is 29.9 Å². The van der Waals surface area contributed by atoms with E-state index in [0.29, 0.717) is 32.5 Å². The first-order valence-electron chi connectivity index (χ1n) is 9.37. The highest BCUT2D eigenvalue weighted by Crippen LogP contribution is 2.31. The smallest absolute Gasteiger partial charge is 0.227 e. The SMILES string of the molecule is CC(=O)N1CCc2cc(NC(=O)C3CCN(C(=O)C(C)C)CC3)ccc21. The molecule has 0 spiro atoms. The van der Waals surface area contributed by atoms with Gasteiger partial charge >= 0.3 is 0 Å². The van der Waals surface area contributed by atoms with Crippen LogP contribution >= 0.6 is 0 Å². The van der Waals surface area contributed by atoms with Gasteiger partial charge in [0, 0.05) is 49.8 Å². The molecule has 0 aliphatic carbocycles. The van der Waals surface area contributed by atoms with E-state index in [2.05, 4.69) is 5.32 Å². The number of carbonyl (C=O) groups excluding carboxylic acids is 3. The molecular weight excluding hydrogens is 330 g/mol. The molecule has 6 heteroatoms. The number of amides is 3. The fourth-order valence-electron chi connectivity index (χ4n) is 3.78. The van der Waals surface area contributed by atoms with E-state index in [4.69, 9.17) is 0 Å². The first kappa shape index (κ1) is 18.4. The highest BCUT2D eigenvalue weighted by atomic mass is 16.2. The zero-order valence-corrected chi connectivity index (χ0v) is 15.7. The molecule has 0 atom stereocenters. The van der Waals surface area contributed by atoms with Crippen LogP contribution in [0.4, 0.5) is 11.4 Å². The quantitative estimate of drug-likeness (QED) is 0.903. The van der Waals surface area contributed by atoms with E-state index in [1.165, 1.54) is 0 Å². The van der Waals surface area contributed by atoms with Crippen molar-refractivity contribution < 1.29 is 14.4 Å². The van der Waals surface area contributed by atoms with E-state index in [1.807, 2.05) is 36.9 Å². The first-order valence-corrected chi connectivity index (χ1v) is 9.37. The van der Waals surface area contributed by atoms with Gasteiger partial charge in [-0.05, 0) is 43.0 Å². The predicted octanol–water partition coefficient (Wildman–Crippen LogP) is 2.43. The second-order valence-electron chi connectivity index (χ2n) is 7.51. The number of anilines is 2. The van der Waals surface area contributed by atoms with Crippen LogP contribution in [0.3, 0.4) is 0 Å². The minimum Gasteiger partial charge on any atom is -0.342 e. The number of fused-ring (bicyclic) bond motifs is 1. The Balaban J connectivity index is 1.58. The summed E-state index contributed by atoms with van der Waals surface area (Å²) >= 11 is 0. The number of nitrogens with one attached hydrogen (secondary N) is 1. The van der Waals surface area contributed by atoms with Crippen molar-refractivity contribution in [1.82, 2.24) is 4.90 Å². The summed E-state index contributed by atoms with van der Waals surface area (Å²) < 4.78 is 0. The highest BCUT2D eigenvalue weighted by molar-refractivity contribution is 5.96. The van der Waals surface area contributed by atoms with Crippen LogP contribution in [-0.4, -0.2) is 42.3 Å². The Kier molecular flexibility index (Phi) is 5.30. The van der Waals surface area contributed by atoms with Crippen LogP contribution in [0.15, 0.2) is 18.2 Å². The van der Waals surface area contributed by atoms with Gasteiger partial charge in [0.1, 0.15) is 0 Å². The number of rotatable bonds is 3. The van der Waals surface area contributed by atoms with Gasteiger partial charge in [-0.3, -0.25) is 14.4 Å². The molecule has 3 amide bonds. The summed E-state index contributed by atoms with van der Waals surface area (Å²) in [6, 6.07) is 5.73. The monoisotopic (exact) mass is 357 g/mol. The summed E-state index contributed by atoms with van der Waals surface area (Å²) in [5, 5.41) is 3.01. The van der Waals surface area contributed by atoms with Crippen molar-refractivity contribution in [3.63, 3.8) is 0 Å². The molecule has 1 N–H and O–H groups in total. The molecule has 1 aromatic rings. The van der Waals surface area contributed by atoms with E-state index >= 15 is 0 Å². The van der Waals surface area contributed by atoms with E-state index in [1.54, 1.807) is 11.8 Å². The lowest BCUT2D eigenvalue weighted by Crippen LogP contribution is -2.43. The van der Waals surface area contributed by atoms with Gasteiger partial charge in [0.25, 0.3) is 0 Å². The molecule has 1 aromatic carbocycles. The van der Waals surface area contributed by atoms with Crippen LogP contribution in [0, 0.1) is 11.8 Å². The van der Waals surface area contributed by atoms with Crippen molar-refractivity contribution in [2.24, 2.45) is 11.8 Å². The molecule has 3 rings (SSSR count). The molecule has 2 heterocycles. The van der Waals surface area contributed by atoms with Gasteiger partial charge in [-0.25, -0.2) is 0 Å². The number of hydrogen-bond acceptors (Lipinski definition) is 3. The molecule has 26 heavy (non-hydrogen) atoms. The zero-order chi connectivity index (χ0) is 18.8. The van der Waals surface area contributed by atoms with Crippen LogP contribution in [0.25, 0.3) is 0 Å². The molecule has 0 aromatic heterocycles. The molecule has 2 aliphatic rings. The molecule has 6 nitrogen and oxygen atoms in total. The van der Waals surface area contributed by atoms with Crippen molar-refractivity contribution in [2.45, 2.75) is 40.0 Å². The van der Waals surface area contributed by atoms with Gasteiger partial charge in [-0.1, -0.05) is 13.8 Å². The standard InChI is InChI=1S/C20H27N3O3/c1-13(2)20(26)22-9-6-15(7-10-22)19(25)21-17-4-5-18-16(12-17)8-11-23(18)14(3)24/h4-5,12-13,15H,6-11H2,1-3H3,(H,21,25). The topological polar surface area (TPSA) is 69.7 Å². The number of piperidine rings is 1. The predicted molar refractivity (Wildman–Crippen MR) is 101 cm³/mol. The normalized spacial score (nSPS) is 17.4. The maximum absolute atomic E-state index is 12.6. The Morgan fingerprint density at radius 3 is 2.42 bits per heavy atom. The third-order valence-corrected chi connectivity index (χ3v) is 5.29. The lowest BCUT2D eigenvalue weighted by atomic mass is 9.95. The van der Waals surface area contributed by atoms with E-state index < -0.39 is 0 Å². The van der Waals surface area contributed by atoms with Gasteiger partial charge in [-0.15, -0.1) is 0 Å². The van der Waals surface area contributed by atoms with Crippen LogP contribution in [0.5, 0.6) is 0 Å². The number of likely N-dealkylation sites (tertiary alicyclic amines) is 1. The fraction of sp³-hybridized carbons (Fsp3) is 0.550. The Bertz CT molecular complexity index is 721. The van der Waals surface area contributed by atoms with Gasteiger partial charge in [0.2, 0.25) is 17.7 Å². The molecule has 0 bridgehead atoms. The van der Waals surface area contributed by atoms with Crippen molar-refractivity contribution in [3.05, 3.63) is 23.8 Å². The summed E-state index contributed by atoms with van der Waals surface area (Å²) in [5.74, 6) is 0.165. The van der Waals surface area contributed by atoms with E-state index in [9.17, 15) is 14.4 Å². The number of hydrogen-bond donors (Lipinski definition) is 1. The Morgan fingerprint density at radius 1 is 1.12 bits per heavy atom. The Hall–Kier alpha value is -2.37. The zero-order valence-electron chi connectivity index (χ0n) is 15.7. The lowest BCUT2D eigenvalue weighted by molar-refractivity contribution is -0.137. The average Bonchev–Trinajstić information content (AvgIpc) is 3.04. The van der Waals surface area contributed by atoms with Gasteiger partial charge in [0.15, 0.2) is 0 Å². The molecule has 1 saturated heterocycles. The molecule has 0 unspecified atom stereocenters. The third-order valence-electron chi connectivity index (χ3n) is 5.29. The van der Waals surface area contributed by atoms with Crippen molar-refractivity contribution >= 4 is 29.1 Å². The summed E-state index contributed by atoms with van der Waals surface area (Å²) in [4.78, 5) is 39.9. The van der Waals surface area contributed by atoms with Gasteiger partial charge in [0.05, 0.1) is 0 Å². The highest BCUT2D eigenvalue weighted by Gasteiger charge is 2.28. The van der Waals surface area contributed by atoms with Crippen LogP contribution in [-0.2, 0) is 20.8 Å². The molecule has 140 valence electrons. The molecule has 2 aliphatic heterocycles. The van der Waals surface area contributed by atoms with Gasteiger partial charge < -0.3 is 15.1 Å². The molecular formula is C20H27N3O3. The van der Waals surface area contributed by atoms with E-state index in [0.717, 1.165) is 23.4 Å². The summed E-state index contributed by atoms with van der Waals surface area (Å²) in [6.07, 6.45) is 2.22. The first-order chi connectivity index (χ1) is 12.4. The average molecular weight is 357 g/mol. The minimum atomic E-state index is -0.0619. The number of carbonyl (C=O) groups is 3. The van der Waals surface area contributed by atoms with Crippen LogP contribution in [0.1, 0.15) is 39.2 Å². The summed E-state index contributed by atoms with van der Waals surface area (Å²) in [5.41, 5.74) is 2.81.